The number of benzene rings is 2. The standard InChI is InChI=1S/C31H28F2N6O5S/c1-18(40)6-11-28(41)39-21-8-9-22(39)16-38(15-21)30-23-12-19(7-10-26(23)35-17-36-30)20-13-27(31(44-2)34-14-20)37-45(42,43)29-24(32)4-3-5-25(29)33/h3-7,10-14,17,21-22,37H,8-9,15-16H2,1-2H3/b11-6+. The number of carbonyl (C=O) groups is 2. The molecule has 2 aliphatic rings. The number of aromatic nitrogens is 3. The minimum atomic E-state index is -4.68. The normalized spacial score (nSPS) is 18.0. The number of halogens is 2. The summed E-state index contributed by atoms with van der Waals surface area (Å²) in [4.78, 5) is 40.3. The zero-order valence-electron chi connectivity index (χ0n) is 24.3. The number of hydrogen-bond acceptors (Lipinski definition) is 9. The first-order valence-electron chi connectivity index (χ1n) is 14.1. The van der Waals surface area contributed by atoms with Crippen LogP contribution < -0.4 is 14.4 Å². The van der Waals surface area contributed by atoms with Gasteiger partial charge in [-0.1, -0.05) is 12.1 Å². The number of amides is 1. The molecule has 4 aromatic rings. The molecule has 6 rings (SSSR count). The molecular weight excluding hydrogens is 606 g/mol. The summed E-state index contributed by atoms with van der Waals surface area (Å²) in [5.41, 5.74) is 1.71. The second-order valence-electron chi connectivity index (χ2n) is 10.8. The summed E-state index contributed by atoms with van der Waals surface area (Å²) >= 11 is 0. The van der Waals surface area contributed by atoms with E-state index in [0.717, 1.165) is 36.4 Å². The van der Waals surface area contributed by atoms with Crippen molar-refractivity contribution in [2.75, 3.05) is 29.8 Å². The molecule has 2 bridgehead atoms. The van der Waals surface area contributed by atoms with E-state index in [1.165, 1.54) is 44.8 Å². The van der Waals surface area contributed by atoms with E-state index in [9.17, 15) is 26.8 Å². The Bertz CT molecular complexity index is 1940. The number of carbonyl (C=O) groups excluding carboxylic acids is 2. The molecule has 2 aromatic carbocycles. The molecule has 1 N–H and O–H groups in total. The first kappa shape index (κ1) is 30.1. The number of hydrogen-bond donors (Lipinski definition) is 1. The lowest BCUT2D eigenvalue weighted by Gasteiger charge is -2.41. The lowest BCUT2D eigenvalue weighted by atomic mass is 10.0. The Hall–Kier alpha value is -4.98. The maximum Gasteiger partial charge on any atom is 0.267 e. The van der Waals surface area contributed by atoms with Gasteiger partial charge in [0.1, 0.15) is 29.5 Å². The van der Waals surface area contributed by atoms with Gasteiger partial charge in [0.15, 0.2) is 10.7 Å². The summed E-state index contributed by atoms with van der Waals surface area (Å²) in [6, 6.07) is 9.62. The maximum atomic E-state index is 14.3. The number of nitrogens with one attached hydrogen (secondary N) is 1. The van der Waals surface area contributed by atoms with Crippen molar-refractivity contribution in [2.24, 2.45) is 0 Å². The van der Waals surface area contributed by atoms with Crippen molar-refractivity contribution in [3.63, 3.8) is 0 Å². The Labute approximate surface area is 257 Å². The summed E-state index contributed by atoms with van der Waals surface area (Å²) in [7, 11) is -3.39. The number of pyridine rings is 1. The van der Waals surface area contributed by atoms with Crippen molar-refractivity contribution >= 4 is 44.1 Å². The Morgan fingerprint density at radius 1 is 0.978 bits per heavy atom. The fourth-order valence-electron chi connectivity index (χ4n) is 5.97. The number of nitrogens with zero attached hydrogens (tertiary/aromatic N) is 5. The van der Waals surface area contributed by atoms with Gasteiger partial charge in [-0.3, -0.25) is 14.3 Å². The molecule has 0 spiro atoms. The third-order valence-corrected chi connectivity index (χ3v) is 9.34. The van der Waals surface area contributed by atoms with Gasteiger partial charge in [0.25, 0.3) is 10.0 Å². The van der Waals surface area contributed by atoms with Gasteiger partial charge in [-0.25, -0.2) is 32.2 Å². The number of ketones is 1. The summed E-state index contributed by atoms with van der Waals surface area (Å²) in [5.74, 6) is -2.25. The Kier molecular flexibility index (Phi) is 7.91. The van der Waals surface area contributed by atoms with Crippen LogP contribution in [0.2, 0.25) is 0 Å². The third kappa shape index (κ3) is 5.80. The van der Waals surface area contributed by atoms with Gasteiger partial charge < -0.3 is 14.5 Å². The zero-order chi connectivity index (χ0) is 31.9. The average molecular weight is 635 g/mol. The Morgan fingerprint density at radius 3 is 2.36 bits per heavy atom. The molecule has 2 atom stereocenters. The van der Waals surface area contributed by atoms with Gasteiger partial charge in [0, 0.05) is 48.4 Å². The van der Waals surface area contributed by atoms with Crippen LogP contribution >= 0.6 is 0 Å². The highest BCUT2D eigenvalue weighted by molar-refractivity contribution is 7.92. The second-order valence-corrected chi connectivity index (χ2v) is 12.5. The zero-order valence-corrected chi connectivity index (χ0v) is 25.1. The molecule has 2 fully saturated rings. The van der Waals surface area contributed by atoms with E-state index in [1.807, 2.05) is 11.0 Å². The molecule has 232 valence electrons. The predicted molar refractivity (Wildman–Crippen MR) is 162 cm³/mol. The van der Waals surface area contributed by atoms with Crippen LogP contribution in [0.15, 0.2) is 72.0 Å². The van der Waals surface area contributed by atoms with E-state index in [-0.39, 0.29) is 35.3 Å². The number of piperazine rings is 1. The third-order valence-electron chi connectivity index (χ3n) is 7.92. The quantitative estimate of drug-likeness (QED) is 0.284. The van der Waals surface area contributed by atoms with Crippen LogP contribution in [0.1, 0.15) is 19.8 Å². The molecule has 45 heavy (non-hydrogen) atoms. The van der Waals surface area contributed by atoms with E-state index in [1.54, 1.807) is 12.1 Å². The molecular formula is C31H28F2N6O5S. The molecule has 2 saturated heterocycles. The van der Waals surface area contributed by atoms with Crippen LogP contribution in [0, 0.1) is 11.6 Å². The van der Waals surface area contributed by atoms with E-state index in [2.05, 4.69) is 24.6 Å². The number of sulfonamides is 1. The maximum absolute atomic E-state index is 14.3. The Balaban J connectivity index is 1.32. The number of fused-ring (bicyclic) bond motifs is 3. The molecule has 11 nitrogen and oxygen atoms in total. The molecule has 14 heteroatoms. The fourth-order valence-corrected chi connectivity index (χ4v) is 7.15. The lowest BCUT2D eigenvalue weighted by molar-refractivity contribution is -0.129. The van der Waals surface area contributed by atoms with Crippen LogP contribution in [0.4, 0.5) is 20.3 Å². The predicted octanol–water partition coefficient (Wildman–Crippen LogP) is 4.10. The van der Waals surface area contributed by atoms with E-state index in [0.29, 0.717) is 35.6 Å². The smallest absolute Gasteiger partial charge is 0.267 e. The highest BCUT2D eigenvalue weighted by Crippen LogP contribution is 2.37. The van der Waals surface area contributed by atoms with Gasteiger partial charge in [-0.05, 0) is 61.7 Å². The van der Waals surface area contributed by atoms with Crippen LogP contribution in [-0.4, -0.2) is 72.2 Å². The molecule has 2 unspecified atom stereocenters. The van der Waals surface area contributed by atoms with Crippen LogP contribution in [0.3, 0.4) is 0 Å². The molecule has 0 aliphatic carbocycles. The van der Waals surface area contributed by atoms with Crippen LogP contribution in [0.25, 0.3) is 22.0 Å². The number of methoxy groups -OCH3 is 1. The van der Waals surface area contributed by atoms with Gasteiger partial charge >= 0.3 is 0 Å². The van der Waals surface area contributed by atoms with Crippen molar-refractivity contribution in [1.29, 1.82) is 0 Å². The van der Waals surface area contributed by atoms with Crippen molar-refractivity contribution in [1.82, 2.24) is 19.9 Å². The average Bonchev–Trinajstić information content (AvgIpc) is 3.27. The van der Waals surface area contributed by atoms with Gasteiger partial charge in [0.2, 0.25) is 11.8 Å². The minimum absolute atomic E-state index is 0.0401. The van der Waals surface area contributed by atoms with Gasteiger partial charge in [0.05, 0.1) is 12.6 Å². The fraction of sp³-hybridized carbons (Fsp3) is 0.258. The monoisotopic (exact) mass is 634 g/mol. The first-order chi connectivity index (χ1) is 21.6. The summed E-state index contributed by atoms with van der Waals surface area (Å²) in [6.45, 7) is 2.50. The Morgan fingerprint density at radius 2 is 1.69 bits per heavy atom. The molecule has 4 heterocycles. The summed E-state index contributed by atoms with van der Waals surface area (Å²) in [5, 5.41) is 0.733. The minimum Gasteiger partial charge on any atom is -0.480 e. The highest BCUT2D eigenvalue weighted by Gasteiger charge is 2.42. The molecule has 2 aromatic heterocycles. The van der Waals surface area contributed by atoms with E-state index in [4.69, 9.17) is 4.74 Å². The number of ether oxygens (including phenoxy) is 1. The summed E-state index contributed by atoms with van der Waals surface area (Å²) in [6.07, 6.45) is 7.26. The van der Waals surface area contributed by atoms with E-state index < -0.39 is 26.6 Å². The topological polar surface area (TPSA) is 135 Å². The molecule has 2 aliphatic heterocycles. The molecule has 0 radical (unpaired) electrons. The van der Waals surface area contributed by atoms with Crippen molar-refractivity contribution < 1.29 is 31.5 Å². The van der Waals surface area contributed by atoms with Crippen molar-refractivity contribution in [3.8, 4) is 17.0 Å². The second kappa shape index (κ2) is 11.8. The summed E-state index contributed by atoms with van der Waals surface area (Å²) < 4.78 is 62.1. The largest absolute Gasteiger partial charge is 0.480 e. The number of allylic oxidation sites excluding steroid dienone is 1. The molecule has 1 amide bonds. The highest BCUT2D eigenvalue weighted by atomic mass is 32.2. The SMILES string of the molecule is COc1ncc(-c2ccc3ncnc(N4CC5CCC(C4)N5C(=O)/C=C/C(C)=O)c3c2)cc1NS(=O)(=O)c1c(F)cccc1F. The molecule has 0 saturated carbocycles. The van der Waals surface area contributed by atoms with Crippen molar-refractivity contribution in [2.45, 2.75) is 36.7 Å². The lowest BCUT2D eigenvalue weighted by Crippen LogP contribution is -2.55. The van der Waals surface area contributed by atoms with E-state index >= 15 is 0 Å². The van der Waals surface area contributed by atoms with Gasteiger partial charge in [-0.2, -0.15) is 0 Å². The van der Waals surface area contributed by atoms with Crippen LogP contribution in [0.5, 0.6) is 5.88 Å². The first-order valence-corrected chi connectivity index (χ1v) is 15.6. The van der Waals surface area contributed by atoms with Crippen LogP contribution in [-0.2, 0) is 19.6 Å². The number of rotatable bonds is 8. The number of anilines is 2. The van der Waals surface area contributed by atoms with Gasteiger partial charge in [-0.15, -0.1) is 0 Å². The van der Waals surface area contributed by atoms with Crippen molar-refractivity contribution in [3.05, 3.63) is 78.8 Å².